The Labute approximate surface area is 110 Å². The smallest absolute Gasteiger partial charge is 0.209 e. The molecule has 2 aliphatic heterocycles. The number of para-hydroxylation sites is 1. The largest absolute Gasteiger partial charge is 0.313 e. The molecule has 1 aromatic rings. The summed E-state index contributed by atoms with van der Waals surface area (Å²) in [6, 6.07) is 8.71. The zero-order valence-corrected chi connectivity index (χ0v) is 11.6. The van der Waals surface area contributed by atoms with Crippen LogP contribution >= 0.6 is 0 Å². The fraction of sp³-hybridized carbons (Fsp3) is 0.438. The molecule has 0 bridgehead atoms. The van der Waals surface area contributed by atoms with Gasteiger partial charge in [-0.25, -0.2) is 4.58 Å². The fourth-order valence-electron chi connectivity index (χ4n) is 2.67. The summed E-state index contributed by atoms with van der Waals surface area (Å²) in [7, 11) is 2.14. The highest BCUT2D eigenvalue weighted by Crippen LogP contribution is 2.36. The molecule has 2 aliphatic rings. The summed E-state index contributed by atoms with van der Waals surface area (Å²) in [4.78, 5) is 0. The van der Waals surface area contributed by atoms with Crippen LogP contribution in [-0.4, -0.2) is 30.9 Å². The molecule has 1 aromatic carbocycles. The molecule has 2 heterocycles. The molecule has 0 amide bonds. The van der Waals surface area contributed by atoms with Crippen LogP contribution in [0.15, 0.2) is 35.9 Å². The van der Waals surface area contributed by atoms with Gasteiger partial charge < -0.3 is 5.32 Å². The molecule has 0 aliphatic carbocycles. The van der Waals surface area contributed by atoms with Gasteiger partial charge in [-0.15, -0.1) is 0 Å². The molecule has 1 unspecified atom stereocenters. The number of hydrogen-bond donors (Lipinski definition) is 1. The van der Waals surface area contributed by atoms with Crippen molar-refractivity contribution < 1.29 is 4.58 Å². The summed E-state index contributed by atoms with van der Waals surface area (Å²) < 4.78 is 2.25. The quantitative estimate of drug-likeness (QED) is 0.592. The molecule has 0 fully saturated rings. The Morgan fingerprint density at radius 1 is 1.22 bits per heavy atom. The molecule has 0 spiro atoms. The van der Waals surface area contributed by atoms with E-state index in [1.165, 1.54) is 17.7 Å². The van der Waals surface area contributed by atoms with Gasteiger partial charge in [0.05, 0.1) is 5.92 Å². The lowest BCUT2D eigenvalue weighted by Gasteiger charge is -2.16. The topological polar surface area (TPSA) is 15.0 Å². The molecular formula is C16H23N2+. The summed E-state index contributed by atoms with van der Waals surface area (Å²) >= 11 is 0. The van der Waals surface area contributed by atoms with E-state index in [1.54, 1.807) is 5.57 Å². The summed E-state index contributed by atoms with van der Waals surface area (Å²) in [6.45, 7) is 6.13. The molecule has 0 radical (unpaired) electrons. The van der Waals surface area contributed by atoms with Gasteiger partial charge in [0.2, 0.25) is 5.69 Å². The van der Waals surface area contributed by atoms with Crippen molar-refractivity contribution >= 4 is 11.9 Å². The van der Waals surface area contributed by atoms with E-state index in [9.17, 15) is 0 Å². The Hall–Kier alpha value is -1.41. The van der Waals surface area contributed by atoms with E-state index in [2.05, 4.69) is 53.5 Å². The SMILES string of the molecule is CC.C[N+]1=CC(C2=CCNCC2)c2ccccc21. The molecule has 0 saturated carbocycles. The average molecular weight is 243 g/mol. The molecular weight excluding hydrogens is 220 g/mol. The van der Waals surface area contributed by atoms with Gasteiger partial charge in [0, 0.05) is 18.2 Å². The van der Waals surface area contributed by atoms with Crippen LogP contribution in [0.2, 0.25) is 0 Å². The van der Waals surface area contributed by atoms with Crippen LogP contribution in [0.5, 0.6) is 0 Å². The van der Waals surface area contributed by atoms with E-state index in [0.717, 1.165) is 13.1 Å². The molecule has 18 heavy (non-hydrogen) atoms. The van der Waals surface area contributed by atoms with Gasteiger partial charge in [-0.3, -0.25) is 0 Å². The summed E-state index contributed by atoms with van der Waals surface area (Å²) in [5.74, 6) is 0.503. The van der Waals surface area contributed by atoms with Crippen molar-refractivity contribution in [1.82, 2.24) is 5.32 Å². The minimum absolute atomic E-state index is 0.503. The molecule has 96 valence electrons. The second-order valence-electron chi connectivity index (χ2n) is 4.53. The number of hydrogen-bond acceptors (Lipinski definition) is 1. The zero-order chi connectivity index (χ0) is 13.0. The van der Waals surface area contributed by atoms with Gasteiger partial charge in [0.15, 0.2) is 6.21 Å². The van der Waals surface area contributed by atoms with Crippen LogP contribution in [0, 0.1) is 0 Å². The first-order chi connectivity index (χ1) is 8.86. The van der Waals surface area contributed by atoms with Crippen molar-refractivity contribution in [3.63, 3.8) is 0 Å². The number of nitrogens with one attached hydrogen (secondary N) is 1. The van der Waals surface area contributed by atoms with Crippen molar-refractivity contribution in [2.45, 2.75) is 26.2 Å². The molecule has 0 saturated heterocycles. The fourth-order valence-corrected chi connectivity index (χ4v) is 2.67. The Kier molecular flexibility index (Phi) is 4.32. The summed E-state index contributed by atoms with van der Waals surface area (Å²) in [5.41, 5.74) is 4.38. The molecule has 1 N–H and O–H groups in total. The minimum Gasteiger partial charge on any atom is -0.313 e. The van der Waals surface area contributed by atoms with Crippen molar-refractivity contribution in [1.29, 1.82) is 0 Å². The minimum atomic E-state index is 0.503. The molecule has 2 nitrogen and oxygen atoms in total. The monoisotopic (exact) mass is 243 g/mol. The first-order valence-electron chi connectivity index (χ1n) is 6.92. The predicted octanol–water partition coefficient (Wildman–Crippen LogP) is 3.07. The van der Waals surface area contributed by atoms with Crippen molar-refractivity contribution in [2.24, 2.45) is 0 Å². The highest BCUT2D eigenvalue weighted by Gasteiger charge is 2.30. The third-order valence-electron chi connectivity index (χ3n) is 3.52. The van der Waals surface area contributed by atoms with Crippen molar-refractivity contribution in [3.05, 3.63) is 41.5 Å². The summed E-state index contributed by atoms with van der Waals surface area (Å²) in [6.07, 6.45) is 5.85. The maximum absolute atomic E-state index is 3.37. The van der Waals surface area contributed by atoms with Gasteiger partial charge in [-0.2, -0.15) is 0 Å². The third-order valence-corrected chi connectivity index (χ3v) is 3.52. The lowest BCUT2D eigenvalue weighted by atomic mass is 9.89. The van der Waals surface area contributed by atoms with Crippen LogP contribution in [0.1, 0.15) is 31.7 Å². The Morgan fingerprint density at radius 2 is 2.00 bits per heavy atom. The van der Waals surface area contributed by atoms with E-state index in [-0.39, 0.29) is 0 Å². The highest BCUT2D eigenvalue weighted by atomic mass is 15.0. The number of fused-ring (bicyclic) bond motifs is 1. The van der Waals surface area contributed by atoms with Crippen LogP contribution in [-0.2, 0) is 0 Å². The normalized spacial score (nSPS) is 21.4. The first kappa shape index (κ1) is 13.0. The Balaban J connectivity index is 0.000000574. The second-order valence-corrected chi connectivity index (χ2v) is 4.53. The van der Waals surface area contributed by atoms with Crippen LogP contribution in [0.3, 0.4) is 0 Å². The van der Waals surface area contributed by atoms with Gasteiger partial charge in [0.25, 0.3) is 0 Å². The summed E-state index contributed by atoms with van der Waals surface area (Å²) in [5, 5.41) is 3.37. The standard InChI is InChI=1S/C14H17N2.C2H6/c1-16-10-13(11-6-8-15-9-7-11)12-4-2-3-5-14(12)16;1-2/h2-6,10,13,15H,7-9H2,1H3;1-2H3/q+1;. The number of rotatable bonds is 1. The van der Waals surface area contributed by atoms with Gasteiger partial charge in [-0.05, 0) is 13.0 Å². The van der Waals surface area contributed by atoms with Crippen molar-refractivity contribution in [2.75, 3.05) is 20.1 Å². The lowest BCUT2D eigenvalue weighted by molar-refractivity contribution is -0.396. The average Bonchev–Trinajstić information content (AvgIpc) is 2.80. The first-order valence-corrected chi connectivity index (χ1v) is 6.92. The predicted molar refractivity (Wildman–Crippen MR) is 78.0 cm³/mol. The van der Waals surface area contributed by atoms with Gasteiger partial charge in [-0.1, -0.05) is 43.7 Å². The highest BCUT2D eigenvalue weighted by molar-refractivity contribution is 5.76. The Morgan fingerprint density at radius 3 is 2.72 bits per heavy atom. The third kappa shape index (κ3) is 2.39. The molecule has 0 aromatic heterocycles. The Bertz CT molecular complexity index is 472. The van der Waals surface area contributed by atoms with E-state index < -0.39 is 0 Å². The van der Waals surface area contributed by atoms with Gasteiger partial charge in [0.1, 0.15) is 7.05 Å². The molecule has 1 atom stereocenters. The molecule has 3 rings (SSSR count). The maximum Gasteiger partial charge on any atom is 0.209 e. The number of benzene rings is 1. The van der Waals surface area contributed by atoms with Crippen LogP contribution in [0.4, 0.5) is 5.69 Å². The number of nitrogens with zero attached hydrogens (tertiary/aromatic N) is 1. The second kappa shape index (κ2) is 5.96. The van der Waals surface area contributed by atoms with E-state index in [4.69, 9.17) is 0 Å². The van der Waals surface area contributed by atoms with Gasteiger partial charge >= 0.3 is 0 Å². The lowest BCUT2D eigenvalue weighted by Crippen LogP contribution is -2.22. The van der Waals surface area contributed by atoms with Crippen LogP contribution < -0.4 is 5.32 Å². The maximum atomic E-state index is 3.37. The zero-order valence-electron chi connectivity index (χ0n) is 11.6. The van der Waals surface area contributed by atoms with E-state index in [1.807, 2.05) is 13.8 Å². The van der Waals surface area contributed by atoms with E-state index in [0.29, 0.717) is 5.92 Å². The van der Waals surface area contributed by atoms with Crippen molar-refractivity contribution in [3.8, 4) is 0 Å². The van der Waals surface area contributed by atoms with Crippen LogP contribution in [0.25, 0.3) is 0 Å². The molecule has 2 heteroatoms. The van der Waals surface area contributed by atoms with E-state index >= 15 is 0 Å².